The second-order valence-corrected chi connectivity index (χ2v) is 4.84. The highest BCUT2D eigenvalue weighted by Gasteiger charge is 2.20. The first kappa shape index (κ1) is 15.1. The highest BCUT2D eigenvalue weighted by molar-refractivity contribution is 5.94. The van der Waals surface area contributed by atoms with Gasteiger partial charge in [-0.15, -0.1) is 0 Å². The lowest BCUT2D eigenvalue weighted by Crippen LogP contribution is -2.38. The number of hydrogen-bond acceptors (Lipinski definition) is 5. The summed E-state index contributed by atoms with van der Waals surface area (Å²) in [5.74, 6) is 0.369. The molecule has 7 heteroatoms. The van der Waals surface area contributed by atoms with Gasteiger partial charge in [0.1, 0.15) is 0 Å². The molecule has 1 fully saturated rings. The summed E-state index contributed by atoms with van der Waals surface area (Å²) < 4.78 is 10.6. The van der Waals surface area contributed by atoms with Crippen LogP contribution in [0.4, 0.5) is 4.79 Å². The fourth-order valence-corrected chi connectivity index (χ4v) is 1.81. The Bertz CT molecular complexity index is 529. The zero-order chi connectivity index (χ0) is 15.2. The lowest BCUT2D eigenvalue weighted by atomic mass is 10.2. The molecular weight excluding hydrogens is 274 g/mol. The maximum atomic E-state index is 11.3. The molecule has 0 aliphatic heterocycles. The molecule has 0 bridgehead atoms. The molecule has 0 aromatic heterocycles. The van der Waals surface area contributed by atoms with Crippen LogP contribution in [0, 0.1) is 0 Å². The number of rotatable bonds is 7. The summed E-state index contributed by atoms with van der Waals surface area (Å²) in [6.07, 6.45) is 2.46. The van der Waals surface area contributed by atoms with E-state index in [1.807, 2.05) is 17.4 Å². The van der Waals surface area contributed by atoms with E-state index in [4.69, 9.17) is 15.2 Å². The number of imide groups is 1. The molecule has 1 saturated carbocycles. The van der Waals surface area contributed by atoms with E-state index in [2.05, 4.69) is 5.32 Å². The SMILES string of the molecule is COc1cc(CNC2CC2)ccc1OCC(=O)NC(N)=O. The standard InChI is InChI=1S/C14H19N3O4/c1-20-12-6-9(7-16-10-3-4-10)2-5-11(12)21-8-13(18)17-14(15)19/h2,5-6,10,16H,3-4,7-8H2,1H3,(H3,15,17,18,19). The molecule has 1 aliphatic rings. The normalized spacial score (nSPS) is 13.6. The Balaban J connectivity index is 1.91. The molecule has 1 aromatic carbocycles. The number of hydrogen-bond donors (Lipinski definition) is 3. The molecule has 0 spiro atoms. The molecule has 1 aromatic rings. The van der Waals surface area contributed by atoms with E-state index in [1.54, 1.807) is 6.07 Å². The van der Waals surface area contributed by atoms with Crippen LogP contribution in [0.2, 0.25) is 0 Å². The second-order valence-electron chi connectivity index (χ2n) is 4.84. The number of benzene rings is 1. The van der Waals surface area contributed by atoms with Gasteiger partial charge in [0.2, 0.25) is 0 Å². The van der Waals surface area contributed by atoms with Crippen molar-refractivity contribution < 1.29 is 19.1 Å². The number of carbonyl (C=O) groups excluding carboxylic acids is 2. The maximum absolute atomic E-state index is 11.3. The van der Waals surface area contributed by atoms with Crippen LogP contribution in [0.25, 0.3) is 0 Å². The van der Waals surface area contributed by atoms with Crippen molar-refractivity contribution in [3.63, 3.8) is 0 Å². The van der Waals surface area contributed by atoms with E-state index in [0.29, 0.717) is 17.5 Å². The first-order valence-electron chi connectivity index (χ1n) is 6.71. The van der Waals surface area contributed by atoms with Gasteiger partial charge in [0.05, 0.1) is 7.11 Å². The average Bonchev–Trinajstić information content (AvgIpc) is 3.26. The van der Waals surface area contributed by atoms with Gasteiger partial charge in [-0.25, -0.2) is 4.79 Å². The number of amides is 3. The number of nitrogens with one attached hydrogen (secondary N) is 2. The smallest absolute Gasteiger partial charge is 0.318 e. The molecule has 0 heterocycles. The Hall–Kier alpha value is -2.28. The van der Waals surface area contributed by atoms with Crippen LogP contribution in [0.3, 0.4) is 0 Å². The monoisotopic (exact) mass is 293 g/mol. The largest absolute Gasteiger partial charge is 0.493 e. The van der Waals surface area contributed by atoms with Crippen LogP contribution in [0.1, 0.15) is 18.4 Å². The molecule has 21 heavy (non-hydrogen) atoms. The van der Waals surface area contributed by atoms with Crippen molar-refractivity contribution in [2.24, 2.45) is 5.73 Å². The summed E-state index contributed by atoms with van der Waals surface area (Å²) >= 11 is 0. The second kappa shape index (κ2) is 6.94. The van der Waals surface area contributed by atoms with Crippen LogP contribution in [-0.2, 0) is 11.3 Å². The molecule has 1 aliphatic carbocycles. The van der Waals surface area contributed by atoms with Crippen molar-refractivity contribution in [2.75, 3.05) is 13.7 Å². The Morgan fingerprint density at radius 1 is 1.33 bits per heavy atom. The average molecular weight is 293 g/mol. The third-order valence-corrected chi connectivity index (χ3v) is 3.02. The quantitative estimate of drug-likeness (QED) is 0.680. The molecule has 114 valence electrons. The van der Waals surface area contributed by atoms with Gasteiger partial charge >= 0.3 is 6.03 Å². The van der Waals surface area contributed by atoms with E-state index < -0.39 is 11.9 Å². The van der Waals surface area contributed by atoms with Gasteiger partial charge in [0, 0.05) is 12.6 Å². The molecule has 7 nitrogen and oxygen atoms in total. The number of carbonyl (C=O) groups is 2. The molecule has 2 rings (SSSR count). The minimum atomic E-state index is -0.905. The van der Waals surface area contributed by atoms with Gasteiger partial charge in [-0.3, -0.25) is 10.1 Å². The van der Waals surface area contributed by atoms with Crippen molar-refractivity contribution in [1.29, 1.82) is 0 Å². The van der Waals surface area contributed by atoms with Crippen LogP contribution < -0.4 is 25.8 Å². The van der Waals surface area contributed by atoms with Crippen molar-refractivity contribution in [3.8, 4) is 11.5 Å². The molecule has 4 N–H and O–H groups in total. The fourth-order valence-electron chi connectivity index (χ4n) is 1.81. The van der Waals surface area contributed by atoms with E-state index in [1.165, 1.54) is 20.0 Å². The number of methoxy groups -OCH3 is 1. The first-order valence-corrected chi connectivity index (χ1v) is 6.71. The van der Waals surface area contributed by atoms with E-state index in [9.17, 15) is 9.59 Å². The molecule has 0 atom stereocenters. The third kappa shape index (κ3) is 4.96. The number of primary amides is 1. The van der Waals surface area contributed by atoms with Gasteiger partial charge in [-0.2, -0.15) is 0 Å². The maximum Gasteiger partial charge on any atom is 0.318 e. The van der Waals surface area contributed by atoms with Gasteiger partial charge in [-0.05, 0) is 30.5 Å². The Morgan fingerprint density at radius 2 is 2.10 bits per heavy atom. The fraction of sp³-hybridized carbons (Fsp3) is 0.429. The van der Waals surface area contributed by atoms with Crippen LogP contribution in [0.5, 0.6) is 11.5 Å². The zero-order valence-electron chi connectivity index (χ0n) is 11.8. The predicted molar refractivity (Wildman–Crippen MR) is 76.1 cm³/mol. The summed E-state index contributed by atoms with van der Waals surface area (Å²) in [4.78, 5) is 21.8. The first-order chi connectivity index (χ1) is 10.1. The highest BCUT2D eigenvalue weighted by Crippen LogP contribution is 2.28. The van der Waals surface area contributed by atoms with Gasteiger partial charge in [0.25, 0.3) is 5.91 Å². The zero-order valence-corrected chi connectivity index (χ0v) is 11.8. The predicted octanol–water partition coefficient (Wildman–Crippen LogP) is 0.521. The van der Waals surface area contributed by atoms with Gasteiger partial charge < -0.3 is 20.5 Å². The summed E-state index contributed by atoms with van der Waals surface area (Å²) in [7, 11) is 1.53. The van der Waals surface area contributed by atoms with Crippen molar-refractivity contribution in [1.82, 2.24) is 10.6 Å². The van der Waals surface area contributed by atoms with Crippen molar-refractivity contribution in [2.45, 2.75) is 25.4 Å². The number of ether oxygens (including phenoxy) is 2. The molecular formula is C14H19N3O4. The Kier molecular flexibility index (Phi) is 4.99. The summed E-state index contributed by atoms with van der Waals surface area (Å²) in [6, 6.07) is 5.22. The van der Waals surface area contributed by atoms with E-state index in [-0.39, 0.29) is 6.61 Å². The summed E-state index contributed by atoms with van der Waals surface area (Å²) in [5.41, 5.74) is 5.92. The van der Waals surface area contributed by atoms with Crippen LogP contribution >= 0.6 is 0 Å². The molecule has 0 radical (unpaired) electrons. The van der Waals surface area contributed by atoms with Crippen molar-refractivity contribution >= 4 is 11.9 Å². The van der Waals surface area contributed by atoms with Gasteiger partial charge in [-0.1, -0.05) is 6.07 Å². The highest BCUT2D eigenvalue weighted by atomic mass is 16.5. The third-order valence-electron chi connectivity index (χ3n) is 3.02. The molecule has 0 saturated heterocycles. The lowest BCUT2D eigenvalue weighted by molar-refractivity contribution is -0.121. The topological polar surface area (TPSA) is 103 Å². The van der Waals surface area contributed by atoms with E-state index >= 15 is 0 Å². The molecule has 0 unspecified atom stereocenters. The number of urea groups is 1. The van der Waals surface area contributed by atoms with Crippen LogP contribution in [0.15, 0.2) is 18.2 Å². The van der Waals surface area contributed by atoms with E-state index in [0.717, 1.165) is 12.1 Å². The molecule has 3 amide bonds. The summed E-state index contributed by atoms with van der Waals surface area (Å²) in [6.45, 7) is 0.461. The lowest BCUT2D eigenvalue weighted by Gasteiger charge is -2.12. The van der Waals surface area contributed by atoms with Crippen molar-refractivity contribution in [3.05, 3.63) is 23.8 Å². The van der Waals surface area contributed by atoms with Gasteiger partial charge in [0.15, 0.2) is 18.1 Å². The number of nitrogens with two attached hydrogens (primary N) is 1. The Morgan fingerprint density at radius 3 is 2.71 bits per heavy atom. The van der Waals surface area contributed by atoms with Crippen LogP contribution in [-0.4, -0.2) is 31.7 Å². The summed E-state index contributed by atoms with van der Waals surface area (Å²) in [5, 5.41) is 5.33. The Labute approximate surface area is 122 Å². The minimum absolute atomic E-state index is 0.307. The minimum Gasteiger partial charge on any atom is -0.493 e.